The van der Waals surface area contributed by atoms with Crippen LogP contribution in [-0.2, 0) is 6.42 Å². The van der Waals surface area contributed by atoms with E-state index in [9.17, 15) is 9.50 Å². The van der Waals surface area contributed by atoms with Crippen LogP contribution in [0.25, 0.3) is 0 Å². The third kappa shape index (κ3) is 2.37. The van der Waals surface area contributed by atoms with E-state index < -0.39 is 11.4 Å². The van der Waals surface area contributed by atoms with Gasteiger partial charge in [0.2, 0.25) is 0 Å². The average Bonchev–Trinajstić information content (AvgIpc) is 3.07. The molecular weight excluding hydrogens is 229 g/mol. The predicted octanol–water partition coefficient (Wildman–Crippen LogP) is 2.12. The summed E-state index contributed by atoms with van der Waals surface area (Å²) in [5, 5.41) is 10.4. The van der Waals surface area contributed by atoms with E-state index >= 15 is 0 Å². The Bertz CT molecular complexity index is 395. The lowest BCUT2D eigenvalue weighted by Crippen LogP contribution is -2.42. The van der Waals surface area contributed by atoms with Gasteiger partial charge >= 0.3 is 0 Å². The molecule has 0 saturated heterocycles. The molecule has 1 unspecified atom stereocenters. The Hall–Kier alpha value is -0.640. The van der Waals surface area contributed by atoms with Gasteiger partial charge in [-0.2, -0.15) is 0 Å². The largest absolute Gasteiger partial charge is 0.388 e. The highest BCUT2D eigenvalue weighted by Gasteiger charge is 2.42. The highest BCUT2D eigenvalue weighted by molar-refractivity contribution is 6.30. The first kappa shape index (κ1) is 11.8. The van der Waals surface area contributed by atoms with E-state index in [-0.39, 0.29) is 17.5 Å². The number of nitrogens with two attached hydrogens (primary N) is 1. The minimum absolute atomic E-state index is 0.103. The fourth-order valence-electron chi connectivity index (χ4n) is 2.01. The zero-order chi connectivity index (χ0) is 11.8. The second-order valence-electron chi connectivity index (χ2n) is 4.51. The molecule has 1 aromatic carbocycles. The summed E-state index contributed by atoms with van der Waals surface area (Å²) in [5.74, 6) is -0.189. The normalized spacial score (nSPS) is 19.5. The van der Waals surface area contributed by atoms with Gasteiger partial charge in [0.15, 0.2) is 0 Å². The molecule has 0 bridgehead atoms. The molecule has 88 valence electrons. The lowest BCUT2D eigenvalue weighted by atomic mass is 9.90. The average molecular weight is 244 g/mol. The molecule has 0 amide bonds. The van der Waals surface area contributed by atoms with Crippen molar-refractivity contribution < 1.29 is 9.50 Å². The number of benzene rings is 1. The molecular formula is C12H15ClFNO. The lowest BCUT2D eigenvalue weighted by Gasteiger charge is -2.26. The van der Waals surface area contributed by atoms with Crippen LogP contribution in [-0.4, -0.2) is 17.3 Å². The van der Waals surface area contributed by atoms with Crippen molar-refractivity contribution in [2.45, 2.75) is 24.9 Å². The Balaban J connectivity index is 2.15. The maximum absolute atomic E-state index is 13.2. The van der Waals surface area contributed by atoms with E-state index in [0.717, 1.165) is 18.4 Å². The topological polar surface area (TPSA) is 46.2 Å². The number of aliphatic hydroxyl groups is 1. The van der Waals surface area contributed by atoms with E-state index in [1.165, 1.54) is 12.1 Å². The van der Waals surface area contributed by atoms with Crippen molar-refractivity contribution in [3.8, 4) is 0 Å². The minimum atomic E-state index is -0.889. The van der Waals surface area contributed by atoms with Gasteiger partial charge in [-0.3, -0.25) is 0 Å². The maximum atomic E-state index is 13.2. The molecule has 2 nitrogen and oxygen atoms in total. The predicted molar refractivity (Wildman–Crippen MR) is 61.8 cm³/mol. The maximum Gasteiger partial charge on any atom is 0.142 e. The molecule has 1 aliphatic rings. The van der Waals surface area contributed by atoms with Crippen molar-refractivity contribution in [1.29, 1.82) is 0 Å². The molecule has 1 aromatic rings. The third-order valence-corrected chi connectivity index (χ3v) is 3.49. The van der Waals surface area contributed by atoms with Crippen LogP contribution < -0.4 is 5.73 Å². The van der Waals surface area contributed by atoms with Gasteiger partial charge in [-0.15, -0.1) is 0 Å². The van der Waals surface area contributed by atoms with Crippen LogP contribution in [0.2, 0.25) is 5.02 Å². The number of rotatable bonds is 4. The van der Waals surface area contributed by atoms with Crippen LogP contribution in [0.4, 0.5) is 4.39 Å². The number of halogens is 2. The van der Waals surface area contributed by atoms with Crippen LogP contribution in [0.15, 0.2) is 18.2 Å². The molecule has 0 spiro atoms. The van der Waals surface area contributed by atoms with Crippen molar-refractivity contribution in [2.75, 3.05) is 6.54 Å². The van der Waals surface area contributed by atoms with E-state index in [2.05, 4.69) is 0 Å². The summed E-state index contributed by atoms with van der Waals surface area (Å²) in [6.07, 6.45) is 2.40. The summed E-state index contributed by atoms with van der Waals surface area (Å²) in [5.41, 5.74) is 5.44. The third-order valence-electron chi connectivity index (χ3n) is 3.19. The molecule has 1 fully saturated rings. The standard InChI is InChI=1S/C12H15ClFNO/c13-10-4-1-8(5-11(10)14)6-12(16,7-15)9-2-3-9/h1,4-5,9,16H,2-3,6-7,15H2. The van der Waals surface area contributed by atoms with Crippen LogP contribution in [0.5, 0.6) is 0 Å². The first-order valence-electron chi connectivity index (χ1n) is 5.41. The van der Waals surface area contributed by atoms with Gasteiger partial charge in [0, 0.05) is 13.0 Å². The summed E-state index contributed by atoms with van der Waals surface area (Å²) in [6, 6.07) is 4.61. The van der Waals surface area contributed by atoms with Crippen LogP contribution in [0.1, 0.15) is 18.4 Å². The molecule has 0 aliphatic heterocycles. The van der Waals surface area contributed by atoms with Gasteiger partial charge < -0.3 is 10.8 Å². The molecule has 0 radical (unpaired) electrons. The summed E-state index contributed by atoms with van der Waals surface area (Å²) in [7, 11) is 0. The Morgan fingerprint density at radius 2 is 2.19 bits per heavy atom. The zero-order valence-corrected chi connectivity index (χ0v) is 9.67. The smallest absolute Gasteiger partial charge is 0.142 e. The molecule has 1 saturated carbocycles. The second-order valence-corrected chi connectivity index (χ2v) is 4.91. The Morgan fingerprint density at radius 1 is 1.50 bits per heavy atom. The van der Waals surface area contributed by atoms with Gasteiger partial charge in [-0.05, 0) is 36.5 Å². The highest BCUT2D eigenvalue weighted by atomic mass is 35.5. The van der Waals surface area contributed by atoms with Gasteiger partial charge in [0.05, 0.1) is 10.6 Å². The molecule has 0 heterocycles. The zero-order valence-electron chi connectivity index (χ0n) is 8.92. The van der Waals surface area contributed by atoms with Crippen molar-refractivity contribution in [2.24, 2.45) is 11.7 Å². The van der Waals surface area contributed by atoms with Crippen molar-refractivity contribution >= 4 is 11.6 Å². The van der Waals surface area contributed by atoms with Gasteiger partial charge in [0.25, 0.3) is 0 Å². The van der Waals surface area contributed by atoms with Crippen molar-refractivity contribution in [3.63, 3.8) is 0 Å². The lowest BCUT2D eigenvalue weighted by molar-refractivity contribution is 0.0266. The quantitative estimate of drug-likeness (QED) is 0.851. The first-order chi connectivity index (χ1) is 7.55. The molecule has 4 heteroatoms. The van der Waals surface area contributed by atoms with Crippen LogP contribution in [0.3, 0.4) is 0 Å². The molecule has 3 N–H and O–H groups in total. The molecule has 2 rings (SSSR count). The first-order valence-corrected chi connectivity index (χ1v) is 5.79. The van der Waals surface area contributed by atoms with Crippen molar-refractivity contribution in [1.82, 2.24) is 0 Å². The second kappa shape index (κ2) is 4.32. The number of hydrogen-bond donors (Lipinski definition) is 2. The van der Waals surface area contributed by atoms with Crippen LogP contribution >= 0.6 is 11.6 Å². The fraction of sp³-hybridized carbons (Fsp3) is 0.500. The Kier molecular flexibility index (Phi) is 3.19. The van der Waals surface area contributed by atoms with E-state index in [0.29, 0.717) is 6.42 Å². The van der Waals surface area contributed by atoms with Crippen molar-refractivity contribution in [3.05, 3.63) is 34.6 Å². The minimum Gasteiger partial charge on any atom is -0.388 e. The highest BCUT2D eigenvalue weighted by Crippen LogP contribution is 2.41. The monoisotopic (exact) mass is 243 g/mol. The summed E-state index contributed by atoms with van der Waals surface area (Å²) in [4.78, 5) is 0. The molecule has 0 aromatic heterocycles. The molecule has 1 aliphatic carbocycles. The van der Waals surface area contributed by atoms with E-state index in [1.807, 2.05) is 0 Å². The van der Waals surface area contributed by atoms with Gasteiger partial charge in [-0.1, -0.05) is 17.7 Å². The SMILES string of the molecule is NCC(O)(Cc1ccc(Cl)c(F)c1)C1CC1. The van der Waals surface area contributed by atoms with Crippen LogP contribution in [0, 0.1) is 11.7 Å². The van der Waals surface area contributed by atoms with E-state index in [4.69, 9.17) is 17.3 Å². The molecule has 16 heavy (non-hydrogen) atoms. The molecule has 1 atom stereocenters. The Labute approximate surface area is 99.2 Å². The Morgan fingerprint density at radius 3 is 2.69 bits per heavy atom. The van der Waals surface area contributed by atoms with Gasteiger partial charge in [-0.25, -0.2) is 4.39 Å². The fourth-order valence-corrected chi connectivity index (χ4v) is 2.12. The van der Waals surface area contributed by atoms with Gasteiger partial charge in [0.1, 0.15) is 5.82 Å². The number of hydrogen-bond acceptors (Lipinski definition) is 2. The summed E-state index contributed by atoms with van der Waals surface area (Å²) < 4.78 is 13.2. The van der Waals surface area contributed by atoms with E-state index in [1.54, 1.807) is 6.07 Å². The summed E-state index contributed by atoms with van der Waals surface area (Å²) >= 11 is 5.60. The summed E-state index contributed by atoms with van der Waals surface area (Å²) in [6.45, 7) is 0.210.